The highest BCUT2D eigenvalue weighted by atomic mass is 32.2. The number of nitrogens with zero attached hydrogens (tertiary/aromatic N) is 1. The van der Waals surface area contributed by atoms with Crippen molar-refractivity contribution in [3.05, 3.63) is 35.9 Å². The molecule has 0 bridgehead atoms. The molecular weight excluding hydrogens is 260 g/mol. The first-order chi connectivity index (χ1) is 9.29. The van der Waals surface area contributed by atoms with E-state index in [0.717, 1.165) is 31.5 Å². The topological polar surface area (TPSA) is 41.6 Å². The lowest BCUT2D eigenvalue weighted by atomic mass is 10.1. The van der Waals surface area contributed by atoms with E-state index in [2.05, 4.69) is 4.72 Å². The summed E-state index contributed by atoms with van der Waals surface area (Å²) < 4.78 is 8.66. The second kappa shape index (κ2) is 7.40. The number of ether oxygens (including phenoxy) is 1. The third kappa shape index (κ3) is 4.44. The summed E-state index contributed by atoms with van der Waals surface area (Å²) in [6.45, 7) is 1.89. The van der Waals surface area contributed by atoms with E-state index in [9.17, 15) is 4.79 Å². The summed E-state index contributed by atoms with van der Waals surface area (Å²) in [6, 6.07) is 10.3. The molecule has 0 saturated carbocycles. The molecule has 0 spiro atoms. The van der Waals surface area contributed by atoms with Crippen molar-refractivity contribution in [1.82, 2.24) is 9.62 Å². The van der Waals surface area contributed by atoms with E-state index in [-0.39, 0.29) is 6.09 Å². The van der Waals surface area contributed by atoms with Gasteiger partial charge >= 0.3 is 6.09 Å². The van der Waals surface area contributed by atoms with Gasteiger partial charge < -0.3 is 9.64 Å². The second-order valence-electron chi connectivity index (χ2n) is 4.62. The number of nitrogens with one attached hydrogen (secondary N) is 1. The average Bonchev–Trinajstić information content (AvgIpc) is 2.47. The van der Waals surface area contributed by atoms with Crippen molar-refractivity contribution in [1.29, 1.82) is 0 Å². The minimum Gasteiger partial charge on any atom is -0.445 e. The Bertz CT molecular complexity index is 392. The van der Waals surface area contributed by atoms with Gasteiger partial charge in [0.1, 0.15) is 6.61 Å². The maximum atomic E-state index is 11.9. The van der Waals surface area contributed by atoms with Crippen LogP contribution in [0, 0.1) is 0 Å². The number of carbonyl (C=O) groups excluding carboxylic acids is 1. The van der Waals surface area contributed by atoms with Gasteiger partial charge in [0.15, 0.2) is 0 Å². The summed E-state index contributed by atoms with van der Waals surface area (Å²) >= 11 is 1.64. The molecular formula is C14H20N2O2S. The van der Waals surface area contributed by atoms with Gasteiger partial charge in [-0.2, -0.15) is 0 Å². The highest BCUT2D eigenvalue weighted by Crippen LogP contribution is 2.13. The number of amides is 1. The Morgan fingerprint density at radius 3 is 2.68 bits per heavy atom. The zero-order valence-electron chi connectivity index (χ0n) is 11.2. The summed E-state index contributed by atoms with van der Waals surface area (Å²) in [6.07, 6.45) is 3.80. The molecule has 1 fully saturated rings. The molecule has 0 aromatic heterocycles. The van der Waals surface area contributed by atoms with Crippen molar-refractivity contribution in [3.8, 4) is 0 Å². The van der Waals surface area contributed by atoms with Gasteiger partial charge in [-0.1, -0.05) is 42.3 Å². The van der Waals surface area contributed by atoms with Crippen LogP contribution in [-0.4, -0.2) is 36.4 Å². The van der Waals surface area contributed by atoms with Crippen molar-refractivity contribution < 1.29 is 9.53 Å². The quantitative estimate of drug-likeness (QED) is 0.861. The molecule has 19 heavy (non-hydrogen) atoms. The normalized spacial score (nSPS) is 16.4. The van der Waals surface area contributed by atoms with E-state index in [1.165, 1.54) is 0 Å². The molecule has 1 N–H and O–H groups in total. The molecule has 1 aliphatic heterocycles. The van der Waals surface area contributed by atoms with Gasteiger partial charge in [-0.3, -0.25) is 4.72 Å². The van der Waals surface area contributed by atoms with Crippen molar-refractivity contribution in [2.75, 3.05) is 19.3 Å². The molecule has 0 radical (unpaired) electrons. The molecule has 4 nitrogen and oxygen atoms in total. The van der Waals surface area contributed by atoms with Crippen LogP contribution in [0.25, 0.3) is 0 Å². The molecule has 1 aromatic rings. The molecule has 1 saturated heterocycles. The number of likely N-dealkylation sites (tertiary alicyclic amines) is 1. The lowest BCUT2D eigenvalue weighted by Crippen LogP contribution is -2.43. The summed E-state index contributed by atoms with van der Waals surface area (Å²) in [4.78, 5) is 13.7. The second-order valence-corrected chi connectivity index (χ2v) is 5.27. The van der Waals surface area contributed by atoms with Gasteiger partial charge in [-0.25, -0.2) is 4.79 Å². The van der Waals surface area contributed by atoms with Crippen molar-refractivity contribution in [2.45, 2.75) is 25.5 Å². The van der Waals surface area contributed by atoms with E-state index >= 15 is 0 Å². The molecule has 0 aliphatic carbocycles. The van der Waals surface area contributed by atoms with Crippen LogP contribution in [0.1, 0.15) is 18.4 Å². The number of hydrogen-bond donors (Lipinski definition) is 1. The van der Waals surface area contributed by atoms with E-state index in [1.54, 1.807) is 16.8 Å². The predicted octanol–water partition coefficient (Wildman–Crippen LogP) is 2.66. The fraction of sp³-hybridized carbons (Fsp3) is 0.500. The Morgan fingerprint density at radius 1 is 1.37 bits per heavy atom. The van der Waals surface area contributed by atoms with Crippen LogP contribution in [0.3, 0.4) is 0 Å². The first-order valence-electron chi connectivity index (χ1n) is 6.53. The van der Waals surface area contributed by atoms with E-state index in [0.29, 0.717) is 12.6 Å². The lowest BCUT2D eigenvalue weighted by molar-refractivity contribution is 0.0867. The smallest absolute Gasteiger partial charge is 0.410 e. The first-order valence-corrected chi connectivity index (χ1v) is 7.76. The Kier molecular flexibility index (Phi) is 5.54. The van der Waals surface area contributed by atoms with Crippen molar-refractivity contribution in [3.63, 3.8) is 0 Å². The first kappa shape index (κ1) is 14.2. The summed E-state index contributed by atoms with van der Waals surface area (Å²) in [5.41, 5.74) is 1.02. The summed E-state index contributed by atoms with van der Waals surface area (Å²) in [5.74, 6) is 0. The third-order valence-electron chi connectivity index (χ3n) is 3.24. The van der Waals surface area contributed by atoms with Gasteiger partial charge in [0, 0.05) is 19.1 Å². The Hall–Kier alpha value is -1.20. The fourth-order valence-electron chi connectivity index (χ4n) is 2.16. The van der Waals surface area contributed by atoms with Crippen LogP contribution in [0.5, 0.6) is 0 Å². The van der Waals surface area contributed by atoms with Gasteiger partial charge in [0.25, 0.3) is 0 Å². The van der Waals surface area contributed by atoms with Gasteiger partial charge in [-0.15, -0.1) is 0 Å². The van der Waals surface area contributed by atoms with Crippen LogP contribution in [0.4, 0.5) is 4.79 Å². The summed E-state index contributed by atoms with van der Waals surface area (Å²) in [5, 5.41) is 0. The Morgan fingerprint density at radius 2 is 2.05 bits per heavy atom. The number of hydrogen-bond acceptors (Lipinski definition) is 4. The highest BCUT2D eigenvalue weighted by Gasteiger charge is 2.23. The zero-order chi connectivity index (χ0) is 13.5. The average molecular weight is 280 g/mol. The molecule has 1 aromatic carbocycles. The molecule has 5 heteroatoms. The van der Waals surface area contributed by atoms with Crippen LogP contribution in [0.2, 0.25) is 0 Å². The van der Waals surface area contributed by atoms with Crippen LogP contribution in [0.15, 0.2) is 30.3 Å². The van der Waals surface area contributed by atoms with E-state index < -0.39 is 0 Å². The molecule has 104 valence electrons. The van der Waals surface area contributed by atoms with Crippen molar-refractivity contribution >= 4 is 18.0 Å². The number of carbonyl (C=O) groups is 1. The Labute approximate surface area is 118 Å². The monoisotopic (exact) mass is 280 g/mol. The molecule has 0 atom stereocenters. The molecule has 2 rings (SSSR count). The third-order valence-corrected chi connectivity index (χ3v) is 3.81. The van der Waals surface area contributed by atoms with Gasteiger partial charge in [-0.05, 0) is 24.7 Å². The highest BCUT2D eigenvalue weighted by molar-refractivity contribution is 7.96. The molecule has 1 heterocycles. The van der Waals surface area contributed by atoms with E-state index in [1.807, 2.05) is 36.6 Å². The standard InChI is InChI=1S/C14H20N2O2S/c1-19-15-13-7-9-16(10-8-13)14(17)18-11-12-5-3-2-4-6-12/h2-6,13,15H,7-11H2,1H3. The number of piperidine rings is 1. The fourth-order valence-corrected chi connectivity index (χ4v) is 2.73. The summed E-state index contributed by atoms with van der Waals surface area (Å²) in [7, 11) is 0. The maximum absolute atomic E-state index is 11.9. The predicted molar refractivity (Wildman–Crippen MR) is 77.9 cm³/mol. The molecule has 1 aliphatic rings. The largest absolute Gasteiger partial charge is 0.445 e. The van der Waals surface area contributed by atoms with E-state index in [4.69, 9.17) is 4.74 Å². The number of benzene rings is 1. The molecule has 0 unspecified atom stereocenters. The maximum Gasteiger partial charge on any atom is 0.410 e. The van der Waals surface area contributed by atoms with Crippen LogP contribution < -0.4 is 4.72 Å². The minimum atomic E-state index is -0.202. The van der Waals surface area contributed by atoms with Crippen LogP contribution in [-0.2, 0) is 11.3 Å². The zero-order valence-corrected chi connectivity index (χ0v) is 12.0. The minimum absolute atomic E-state index is 0.202. The van der Waals surface area contributed by atoms with Crippen LogP contribution >= 0.6 is 11.9 Å². The number of rotatable bonds is 4. The Balaban J connectivity index is 1.73. The van der Waals surface area contributed by atoms with Crippen molar-refractivity contribution in [2.24, 2.45) is 0 Å². The van der Waals surface area contributed by atoms with Gasteiger partial charge in [0.2, 0.25) is 0 Å². The lowest BCUT2D eigenvalue weighted by Gasteiger charge is -2.31. The SMILES string of the molecule is CSNC1CCN(C(=O)OCc2ccccc2)CC1. The van der Waals surface area contributed by atoms with Gasteiger partial charge in [0.05, 0.1) is 0 Å². The molecule has 1 amide bonds.